The van der Waals surface area contributed by atoms with E-state index in [1.54, 1.807) is 0 Å². The Bertz CT molecular complexity index is 383. The average Bonchev–Trinajstić information content (AvgIpc) is 2.32. The maximum atomic E-state index is 8.82. The topological polar surface area (TPSA) is 53.0 Å². The lowest BCUT2D eigenvalue weighted by atomic mass is 10.0. The molecule has 0 fully saturated rings. The predicted molar refractivity (Wildman–Crippen MR) is 70.7 cm³/mol. The number of likely N-dealkylation sites (N-methyl/N-ethyl adjacent to an activating group) is 1. The first-order chi connectivity index (χ1) is 8.08. The lowest BCUT2D eigenvalue weighted by Crippen LogP contribution is -2.33. The molecule has 1 aromatic carbocycles. The summed E-state index contributed by atoms with van der Waals surface area (Å²) in [6.07, 6.45) is 0. The molecule has 0 radical (unpaired) electrons. The van der Waals surface area contributed by atoms with E-state index in [2.05, 4.69) is 11.0 Å². The van der Waals surface area contributed by atoms with Crippen LogP contribution in [0.3, 0.4) is 0 Å². The summed E-state index contributed by atoms with van der Waals surface area (Å²) < 4.78 is 0. The molecule has 0 amide bonds. The molecule has 0 spiro atoms. The molecule has 2 N–H and O–H groups in total. The van der Waals surface area contributed by atoms with Gasteiger partial charge in [-0.25, -0.2) is 0 Å². The summed E-state index contributed by atoms with van der Waals surface area (Å²) >= 11 is 5.86. The van der Waals surface area contributed by atoms with E-state index in [4.69, 9.17) is 22.6 Å². The Labute approximate surface area is 108 Å². The monoisotopic (exact) mass is 251 g/mol. The van der Waals surface area contributed by atoms with Crippen molar-refractivity contribution in [2.24, 2.45) is 11.7 Å². The molecule has 2 unspecified atom stereocenters. The van der Waals surface area contributed by atoms with E-state index in [1.165, 1.54) is 0 Å². The highest BCUT2D eigenvalue weighted by atomic mass is 35.5. The number of hydrogen-bond acceptors (Lipinski definition) is 3. The molecule has 0 aromatic heterocycles. The lowest BCUT2D eigenvalue weighted by Gasteiger charge is -2.28. The average molecular weight is 252 g/mol. The van der Waals surface area contributed by atoms with Crippen LogP contribution in [0, 0.1) is 17.2 Å². The SMILES string of the molecule is CC(C#N)CN(C)C(CN)c1ccc(Cl)cc1. The molecule has 4 heteroatoms. The van der Waals surface area contributed by atoms with Crippen molar-refractivity contribution in [3.05, 3.63) is 34.9 Å². The zero-order chi connectivity index (χ0) is 12.8. The van der Waals surface area contributed by atoms with E-state index >= 15 is 0 Å². The molecule has 1 aromatic rings. The first-order valence-electron chi connectivity index (χ1n) is 5.64. The first kappa shape index (κ1) is 14.0. The van der Waals surface area contributed by atoms with Crippen molar-refractivity contribution < 1.29 is 0 Å². The van der Waals surface area contributed by atoms with E-state index in [-0.39, 0.29) is 12.0 Å². The summed E-state index contributed by atoms with van der Waals surface area (Å²) in [6, 6.07) is 10.0. The van der Waals surface area contributed by atoms with Gasteiger partial charge in [0.2, 0.25) is 0 Å². The van der Waals surface area contributed by atoms with Gasteiger partial charge in [0.25, 0.3) is 0 Å². The van der Waals surface area contributed by atoms with Gasteiger partial charge in [-0.1, -0.05) is 23.7 Å². The summed E-state index contributed by atoms with van der Waals surface area (Å²) in [5.74, 6) is 0.00125. The zero-order valence-corrected chi connectivity index (χ0v) is 11.0. The second-order valence-corrected chi connectivity index (χ2v) is 4.71. The van der Waals surface area contributed by atoms with Crippen LogP contribution in [0.1, 0.15) is 18.5 Å². The van der Waals surface area contributed by atoms with Gasteiger partial charge in [0, 0.05) is 24.2 Å². The predicted octanol–water partition coefficient (Wildman–Crippen LogP) is 2.43. The Hall–Kier alpha value is -1.08. The van der Waals surface area contributed by atoms with Crippen LogP contribution < -0.4 is 5.73 Å². The Morgan fingerprint density at radius 3 is 2.47 bits per heavy atom. The molecular weight excluding hydrogens is 234 g/mol. The van der Waals surface area contributed by atoms with Crippen molar-refractivity contribution in [1.82, 2.24) is 4.90 Å². The van der Waals surface area contributed by atoms with E-state index in [9.17, 15) is 0 Å². The number of nitriles is 1. The third kappa shape index (κ3) is 4.01. The number of nitrogens with zero attached hydrogens (tertiary/aromatic N) is 2. The van der Waals surface area contributed by atoms with Gasteiger partial charge in [-0.3, -0.25) is 4.90 Å². The van der Waals surface area contributed by atoms with Crippen LogP contribution in [0.4, 0.5) is 0 Å². The first-order valence-corrected chi connectivity index (χ1v) is 6.01. The molecule has 0 aliphatic rings. The summed E-state index contributed by atoms with van der Waals surface area (Å²) in [4.78, 5) is 2.11. The Morgan fingerprint density at radius 1 is 1.41 bits per heavy atom. The van der Waals surface area contributed by atoms with Crippen LogP contribution >= 0.6 is 11.6 Å². The van der Waals surface area contributed by atoms with Gasteiger partial charge in [0.15, 0.2) is 0 Å². The molecule has 0 aliphatic heterocycles. The van der Waals surface area contributed by atoms with Gasteiger partial charge < -0.3 is 5.73 Å². The summed E-state index contributed by atoms with van der Waals surface area (Å²) in [6.45, 7) is 3.14. The van der Waals surface area contributed by atoms with Crippen LogP contribution in [0.15, 0.2) is 24.3 Å². The molecular formula is C13H18ClN3. The number of halogens is 1. The highest BCUT2D eigenvalue weighted by Gasteiger charge is 2.17. The molecule has 3 nitrogen and oxygen atoms in total. The second-order valence-electron chi connectivity index (χ2n) is 4.27. The van der Waals surface area contributed by atoms with Crippen LogP contribution in [-0.4, -0.2) is 25.0 Å². The van der Waals surface area contributed by atoms with E-state index in [0.29, 0.717) is 13.1 Å². The normalized spacial score (nSPS) is 14.4. The van der Waals surface area contributed by atoms with Crippen molar-refractivity contribution >= 4 is 11.6 Å². The van der Waals surface area contributed by atoms with Gasteiger partial charge in [-0.2, -0.15) is 5.26 Å². The van der Waals surface area contributed by atoms with E-state index in [1.807, 2.05) is 38.2 Å². The van der Waals surface area contributed by atoms with Crippen LogP contribution in [0.2, 0.25) is 5.02 Å². The third-order valence-electron chi connectivity index (χ3n) is 2.79. The molecule has 0 saturated carbocycles. The minimum absolute atomic E-state index is 0.00125. The number of hydrogen-bond donors (Lipinski definition) is 1. The number of rotatable bonds is 5. The Morgan fingerprint density at radius 2 is 2.00 bits per heavy atom. The molecule has 0 aliphatic carbocycles. The number of benzene rings is 1. The fourth-order valence-corrected chi connectivity index (χ4v) is 1.98. The lowest BCUT2D eigenvalue weighted by molar-refractivity contribution is 0.234. The Kier molecular flexibility index (Phi) is 5.43. The van der Waals surface area contributed by atoms with Crippen molar-refractivity contribution in [2.45, 2.75) is 13.0 Å². The van der Waals surface area contributed by atoms with Gasteiger partial charge in [-0.05, 0) is 31.7 Å². The highest BCUT2D eigenvalue weighted by Crippen LogP contribution is 2.21. The van der Waals surface area contributed by atoms with Crippen LogP contribution in [0.5, 0.6) is 0 Å². The highest BCUT2D eigenvalue weighted by molar-refractivity contribution is 6.30. The summed E-state index contributed by atoms with van der Waals surface area (Å²) in [7, 11) is 1.99. The van der Waals surface area contributed by atoms with Crippen LogP contribution in [-0.2, 0) is 0 Å². The summed E-state index contributed by atoms with van der Waals surface area (Å²) in [5, 5.41) is 9.54. The van der Waals surface area contributed by atoms with Gasteiger partial charge in [0.05, 0.1) is 12.0 Å². The largest absolute Gasteiger partial charge is 0.329 e. The van der Waals surface area contributed by atoms with Crippen molar-refractivity contribution in [1.29, 1.82) is 5.26 Å². The van der Waals surface area contributed by atoms with Crippen molar-refractivity contribution in [3.63, 3.8) is 0 Å². The molecule has 1 rings (SSSR count). The van der Waals surface area contributed by atoms with Gasteiger partial charge in [0.1, 0.15) is 0 Å². The molecule has 92 valence electrons. The fourth-order valence-electron chi connectivity index (χ4n) is 1.86. The quantitative estimate of drug-likeness (QED) is 0.875. The van der Waals surface area contributed by atoms with Gasteiger partial charge in [-0.15, -0.1) is 0 Å². The minimum atomic E-state index is 0.00125. The molecule has 2 atom stereocenters. The van der Waals surface area contributed by atoms with Crippen LogP contribution in [0.25, 0.3) is 0 Å². The fraction of sp³-hybridized carbons (Fsp3) is 0.462. The minimum Gasteiger partial charge on any atom is -0.329 e. The molecule has 0 heterocycles. The standard InChI is InChI=1S/C13H18ClN3/c1-10(7-15)9-17(2)13(8-16)11-3-5-12(14)6-4-11/h3-6,10,13H,8-9,16H2,1-2H3. The van der Waals surface area contributed by atoms with E-state index < -0.39 is 0 Å². The van der Waals surface area contributed by atoms with E-state index in [0.717, 1.165) is 10.6 Å². The zero-order valence-electron chi connectivity index (χ0n) is 10.2. The number of nitrogens with two attached hydrogens (primary N) is 1. The third-order valence-corrected chi connectivity index (χ3v) is 3.04. The summed E-state index contributed by atoms with van der Waals surface area (Å²) in [5.41, 5.74) is 6.93. The molecule has 17 heavy (non-hydrogen) atoms. The Balaban J connectivity index is 2.77. The van der Waals surface area contributed by atoms with Crippen molar-refractivity contribution in [2.75, 3.05) is 20.1 Å². The molecule has 0 bridgehead atoms. The molecule has 0 saturated heterocycles. The maximum absolute atomic E-state index is 8.82. The second kappa shape index (κ2) is 6.61. The van der Waals surface area contributed by atoms with Gasteiger partial charge >= 0.3 is 0 Å². The smallest absolute Gasteiger partial charge is 0.0666 e. The maximum Gasteiger partial charge on any atom is 0.0666 e. The van der Waals surface area contributed by atoms with Crippen molar-refractivity contribution in [3.8, 4) is 6.07 Å².